The van der Waals surface area contributed by atoms with Crippen LogP contribution in [-0.2, 0) is 26.4 Å². The second-order valence-electron chi connectivity index (χ2n) is 12.2. The van der Waals surface area contributed by atoms with Crippen LogP contribution in [0.1, 0.15) is 136 Å². The average Bonchev–Trinajstić information content (AvgIpc) is 2.96. The summed E-state index contributed by atoms with van der Waals surface area (Å²) in [6.45, 7) is 0. The Labute approximate surface area is 246 Å². The van der Waals surface area contributed by atoms with E-state index in [1.165, 1.54) is 6.42 Å². The highest BCUT2D eigenvalue weighted by atomic mass is 32.2. The number of rotatable bonds is 7. The van der Waals surface area contributed by atoms with Crippen LogP contribution in [0.15, 0.2) is 40.1 Å². The second-order valence-corrected chi connectivity index (χ2v) is 15.1. The molecule has 6 nitrogen and oxygen atoms in total. The van der Waals surface area contributed by atoms with Crippen LogP contribution >= 0.6 is 0 Å². The minimum Gasteiger partial charge on any atom is -0.378 e. The second kappa shape index (κ2) is 12.5. The van der Waals surface area contributed by atoms with Crippen molar-refractivity contribution in [2.75, 3.05) is 0 Å². The Bertz CT molecular complexity index is 1440. The van der Waals surface area contributed by atoms with Crippen molar-refractivity contribution in [1.82, 2.24) is 0 Å². The molecule has 0 saturated heterocycles. The fourth-order valence-corrected chi connectivity index (χ4v) is 9.22. The van der Waals surface area contributed by atoms with E-state index >= 15 is 0 Å². The van der Waals surface area contributed by atoms with E-state index in [0.717, 1.165) is 95.5 Å². The smallest absolute Gasteiger partial charge is 0.378 e. The van der Waals surface area contributed by atoms with Crippen LogP contribution < -0.4 is 4.18 Å². The maximum atomic E-state index is 14.2. The number of benzene rings is 2. The Morgan fingerprint density at radius 3 is 1.55 bits per heavy atom. The highest BCUT2D eigenvalue weighted by Crippen LogP contribution is 2.47. The lowest BCUT2D eigenvalue weighted by Gasteiger charge is -2.32. The highest BCUT2D eigenvalue weighted by Gasteiger charge is 2.39. The molecule has 232 valence electrons. The zero-order valence-corrected chi connectivity index (χ0v) is 25.3. The van der Waals surface area contributed by atoms with Crippen molar-refractivity contribution in [3.63, 3.8) is 0 Å². The Morgan fingerprint density at radius 2 is 1.12 bits per heavy atom. The molecular weight excluding hydrogens is 589 g/mol. The SMILES string of the molecule is O=S(=O)(O)c1ccc(OS(=O)(=O)c2c(C3CCCCC3)cc(C3CCCCC3)cc2C2CCCCC2)c(C(F)(F)F)c1. The van der Waals surface area contributed by atoms with Gasteiger partial charge in [-0.1, -0.05) is 69.9 Å². The highest BCUT2D eigenvalue weighted by molar-refractivity contribution is 7.87. The largest absolute Gasteiger partial charge is 0.420 e. The van der Waals surface area contributed by atoms with Crippen LogP contribution in [0.5, 0.6) is 5.75 Å². The molecule has 0 atom stereocenters. The first kappa shape index (κ1) is 31.3. The molecule has 0 unspecified atom stereocenters. The van der Waals surface area contributed by atoms with Gasteiger partial charge in [-0.3, -0.25) is 4.55 Å². The average molecular weight is 629 g/mol. The number of halogens is 3. The van der Waals surface area contributed by atoms with E-state index in [1.54, 1.807) is 0 Å². The third-order valence-electron chi connectivity index (χ3n) is 9.34. The molecular formula is C31H39F3O6S2. The molecule has 3 fully saturated rings. The fraction of sp³-hybridized carbons (Fsp3) is 0.613. The monoisotopic (exact) mass is 628 g/mol. The van der Waals surface area contributed by atoms with E-state index < -0.39 is 42.6 Å². The number of hydrogen-bond acceptors (Lipinski definition) is 5. The van der Waals surface area contributed by atoms with Crippen LogP contribution in [0, 0.1) is 0 Å². The molecule has 0 radical (unpaired) electrons. The van der Waals surface area contributed by atoms with E-state index in [4.69, 9.17) is 4.18 Å². The molecule has 5 rings (SSSR count). The Balaban J connectivity index is 1.68. The minimum atomic E-state index is -5.13. The van der Waals surface area contributed by atoms with Gasteiger partial charge in [-0.15, -0.1) is 0 Å². The third kappa shape index (κ3) is 6.99. The lowest BCUT2D eigenvalue weighted by atomic mass is 9.76. The topological polar surface area (TPSA) is 97.7 Å². The quantitative estimate of drug-likeness (QED) is 0.243. The van der Waals surface area contributed by atoms with Crippen molar-refractivity contribution in [1.29, 1.82) is 0 Å². The lowest BCUT2D eigenvalue weighted by Crippen LogP contribution is -2.22. The van der Waals surface area contributed by atoms with Gasteiger partial charge in [0.05, 0.1) is 4.90 Å². The van der Waals surface area contributed by atoms with E-state index in [1.807, 2.05) is 12.1 Å². The van der Waals surface area contributed by atoms with Crippen LogP contribution in [0.3, 0.4) is 0 Å². The normalized spacial score (nSPS) is 20.5. The predicted octanol–water partition coefficient (Wildman–Crippen LogP) is 8.86. The first-order valence-corrected chi connectivity index (χ1v) is 18.0. The van der Waals surface area contributed by atoms with Crippen LogP contribution in [0.4, 0.5) is 13.2 Å². The summed E-state index contributed by atoms with van der Waals surface area (Å²) < 4.78 is 108. The van der Waals surface area contributed by atoms with Gasteiger partial charge in [0.25, 0.3) is 10.1 Å². The molecule has 3 aliphatic carbocycles. The summed E-state index contributed by atoms with van der Waals surface area (Å²) in [6.07, 6.45) is 9.48. The van der Waals surface area contributed by atoms with Crippen molar-refractivity contribution in [3.8, 4) is 5.75 Å². The minimum absolute atomic E-state index is 0.00663. The molecule has 3 saturated carbocycles. The summed E-state index contributed by atoms with van der Waals surface area (Å²) in [5, 5.41) is 0. The van der Waals surface area contributed by atoms with E-state index in [0.29, 0.717) is 29.2 Å². The van der Waals surface area contributed by atoms with Crippen molar-refractivity contribution in [3.05, 3.63) is 52.6 Å². The molecule has 0 bridgehead atoms. The van der Waals surface area contributed by atoms with Gasteiger partial charge in [-0.25, -0.2) is 0 Å². The van der Waals surface area contributed by atoms with Gasteiger partial charge in [-0.2, -0.15) is 30.0 Å². The molecule has 0 heterocycles. The summed E-state index contributed by atoms with van der Waals surface area (Å²) >= 11 is 0. The van der Waals surface area contributed by atoms with Crippen LogP contribution in [0.2, 0.25) is 0 Å². The standard InChI is InChI=1S/C31H39F3O6S2/c32-31(33,34)28-20-25(41(35,36)37)16-17-29(28)40-42(38,39)30-26(22-12-6-2-7-13-22)18-24(21-10-4-1-5-11-21)19-27(30)23-14-8-3-9-15-23/h16-23H,1-15H2,(H,35,36,37). The van der Waals surface area contributed by atoms with E-state index in [9.17, 15) is 34.6 Å². The summed E-state index contributed by atoms with van der Waals surface area (Å²) in [6, 6.07) is 5.57. The molecule has 0 aromatic heterocycles. The number of hydrogen-bond donors (Lipinski definition) is 1. The zero-order valence-electron chi connectivity index (χ0n) is 23.7. The molecule has 0 aliphatic heterocycles. The zero-order chi connectivity index (χ0) is 30.1. The fourth-order valence-electron chi connectivity index (χ4n) is 7.22. The lowest BCUT2D eigenvalue weighted by molar-refractivity contribution is -0.138. The molecule has 2 aromatic rings. The summed E-state index contributed by atoms with van der Waals surface area (Å²) in [5.74, 6) is -0.773. The van der Waals surface area contributed by atoms with Crippen LogP contribution in [0.25, 0.3) is 0 Å². The molecule has 0 spiro atoms. The summed E-state index contributed by atoms with van der Waals surface area (Å²) in [7, 11) is -9.73. The van der Waals surface area contributed by atoms with Gasteiger partial charge in [0.2, 0.25) is 0 Å². The molecule has 1 N–H and O–H groups in total. The predicted molar refractivity (Wildman–Crippen MR) is 153 cm³/mol. The Hall–Kier alpha value is -2.11. The first-order valence-electron chi connectivity index (χ1n) is 15.2. The number of alkyl halides is 3. The first-order chi connectivity index (χ1) is 19.8. The Kier molecular flexibility index (Phi) is 9.31. The summed E-state index contributed by atoms with van der Waals surface area (Å²) in [5.41, 5.74) is 0.852. The van der Waals surface area contributed by atoms with E-state index in [-0.39, 0.29) is 22.8 Å². The molecule has 3 aliphatic rings. The van der Waals surface area contributed by atoms with Gasteiger partial charge in [-0.05, 0) is 91.2 Å². The molecule has 42 heavy (non-hydrogen) atoms. The Morgan fingerprint density at radius 1 is 0.667 bits per heavy atom. The van der Waals surface area contributed by atoms with E-state index in [2.05, 4.69) is 0 Å². The van der Waals surface area contributed by atoms with Gasteiger partial charge in [0.1, 0.15) is 10.5 Å². The van der Waals surface area contributed by atoms with Crippen LogP contribution in [-0.4, -0.2) is 21.4 Å². The van der Waals surface area contributed by atoms with Gasteiger partial charge < -0.3 is 4.18 Å². The van der Waals surface area contributed by atoms with Gasteiger partial charge in [0.15, 0.2) is 5.75 Å². The van der Waals surface area contributed by atoms with Crippen molar-refractivity contribution in [2.45, 2.75) is 130 Å². The third-order valence-corrected chi connectivity index (χ3v) is 11.6. The maximum absolute atomic E-state index is 14.2. The maximum Gasteiger partial charge on any atom is 0.420 e. The van der Waals surface area contributed by atoms with Crippen molar-refractivity contribution < 1.29 is 38.7 Å². The van der Waals surface area contributed by atoms with Gasteiger partial charge in [0, 0.05) is 0 Å². The molecule has 0 amide bonds. The van der Waals surface area contributed by atoms with Crippen molar-refractivity contribution >= 4 is 20.2 Å². The van der Waals surface area contributed by atoms with Crippen molar-refractivity contribution in [2.24, 2.45) is 0 Å². The summed E-state index contributed by atoms with van der Waals surface area (Å²) in [4.78, 5) is -1.00. The molecule has 11 heteroatoms. The molecule has 2 aromatic carbocycles. The van der Waals surface area contributed by atoms with Gasteiger partial charge >= 0.3 is 16.3 Å².